The lowest BCUT2D eigenvalue weighted by Gasteiger charge is -2.10. The summed E-state index contributed by atoms with van der Waals surface area (Å²) in [5.74, 6) is -0.465. The van der Waals surface area contributed by atoms with E-state index in [0.717, 1.165) is 18.9 Å². The van der Waals surface area contributed by atoms with Crippen molar-refractivity contribution in [1.29, 1.82) is 0 Å². The molecule has 130 valence electrons. The molecule has 1 aromatic carbocycles. The third-order valence-corrected chi connectivity index (χ3v) is 6.37. The predicted molar refractivity (Wildman–Crippen MR) is 83.7 cm³/mol. The van der Waals surface area contributed by atoms with E-state index in [4.69, 9.17) is 4.74 Å². The fourth-order valence-electron chi connectivity index (χ4n) is 3.16. The number of cyclic esters (lactones) is 1. The van der Waals surface area contributed by atoms with Gasteiger partial charge in [-0.3, -0.25) is 14.9 Å². The van der Waals surface area contributed by atoms with Gasteiger partial charge in [-0.05, 0) is 18.9 Å². The zero-order valence-corrected chi connectivity index (χ0v) is 13.9. The van der Waals surface area contributed by atoms with Crippen molar-refractivity contribution in [2.24, 2.45) is 5.92 Å². The molecule has 0 aliphatic carbocycles. The lowest BCUT2D eigenvalue weighted by Crippen LogP contribution is -2.23. The average molecular weight is 354 g/mol. The minimum absolute atomic E-state index is 0.184. The van der Waals surface area contributed by atoms with Gasteiger partial charge in [-0.1, -0.05) is 25.5 Å². The topological polar surface area (TPSA) is 107 Å². The molecule has 24 heavy (non-hydrogen) atoms. The number of carbonyl (C=O) groups excluding carboxylic acids is 1. The summed E-state index contributed by atoms with van der Waals surface area (Å²) in [6.07, 6.45) is 1.61. The highest BCUT2D eigenvalue weighted by Gasteiger charge is 2.54. The fourth-order valence-corrected chi connectivity index (χ4v) is 4.91. The second-order valence-corrected chi connectivity index (χ2v) is 7.92. The number of nitro benzene ring substituents is 1. The van der Waals surface area contributed by atoms with Crippen molar-refractivity contribution >= 4 is 21.7 Å². The smallest absolute Gasteiger partial charge is 0.309 e. The van der Waals surface area contributed by atoms with Crippen molar-refractivity contribution in [3.63, 3.8) is 0 Å². The van der Waals surface area contributed by atoms with Gasteiger partial charge in [0.25, 0.3) is 5.69 Å². The summed E-state index contributed by atoms with van der Waals surface area (Å²) in [5.41, 5.74) is -0.449. The second-order valence-electron chi connectivity index (χ2n) is 6.06. The van der Waals surface area contributed by atoms with Gasteiger partial charge in [0.05, 0.1) is 16.9 Å². The number of carbonyl (C=O) groups is 1. The Morgan fingerprint density at radius 1 is 1.38 bits per heavy atom. The summed E-state index contributed by atoms with van der Waals surface area (Å²) in [6.45, 7) is 2.19. The van der Waals surface area contributed by atoms with E-state index in [0.29, 0.717) is 6.42 Å². The molecule has 0 spiro atoms. The number of hydrogen-bond donors (Lipinski definition) is 0. The van der Waals surface area contributed by atoms with Crippen LogP contribution in [0.15, 0.2) is 29.2 Å². The van der Waals surface area contributed by atoms with E-state index in [1.54, 1.807) is 0 Å². The normalized spacial score (nSPS) is 29.3. The molecule has 2 fully saturated rings. The van der Waals surface area contributed by atoms with Crippen molar-refractivity contribution < 1.29 is 22.9 Å². The van der Waals surface area contributed by atoms with Crippen LogP contribution < -0.4 is 0 Å². The van der Waals surface area contributed by atoms with Gasteiger partial charge in [-0.25, -0.2) is 8.42 Å². The number of sulfonamides is 1. The first-order valence-corrected chi connectivity index (χ1v) is 9.26. The zero-order valence-electron chi connectivity index (χ0n) is 13.1. The first kappa shape index (κ1) is 16.8. The lowest BCUT2D eigenvalue weighted by atomic mass is 9.99. The standard InChI is InChI=1S/C15H18N2O6S/c1-2-5-10-8-13(23-15(10)18)12-9-16(12)24(21,22)14-7-4-3-6-11(14)17(19)20/h3-4,6-7,10,12-13H,2,5,8-9H2,1H3/t10-,12+,13+,16?/m1/s1. The van der Waals surface area contributed by atoms with Crippen LogP contribution in [0.1, 0.15) is 26.2 Å². The van der Waals surface area contributed by atoms with Crippen LogP contribution in [0.5, 0.6) is 0 Å². The van der Waals surface area contributed by atoms with Gasteiger partial charge < -0.3 is 4.74 Å². The van der Waals surface area contributed by atoms with Crippen LogP contribution in [0.4, 0.5) is 5.69 Å². The van der Waals surface area contributed by atoms with E-state index >= 15 is 0 Å². The molecule has 8 nitrogen and oxygen atoms in total. The Morgan fingerprint density at radius 3 is 2.75 bits per heavy atom. The van der Waals surface area contributed by atoms with Crippen molar-refractivity contribution in [2.75, 3.05) is 6.54 Å². The number of benzene rings is 1. The van der Waals surface area contributed by atoms with Gasteiger partial charge in [-0.2, -0.15) is 4.31 Å². The fraction of sp³-hybridized carbons (Fsp3) is 0.533. The molecule has 4 atom stereocenters. The third kappa shape index (κ3) is 2.89. The predicted octanol–water partition coefficient (Wildman–Crippen LogP) is 1.70. The number of esters is 1. The van der Waals surface area contributed by atoms with Crippen LogP contribution in [-0.4, -0.2) is 42.3 Å². The Kier molecular flexibility index (Phi) is 4.31. The molecule has 0 radical (unpaired) electrons. The quantitative estimate of drug-likeness (QED) is 0.333. The maximum Gasteiger partial charge on any atom is 0.309 e. The Bertz CT molecular complexity index is 778. The number of para-hydroxylation sites is 1. The lowest BCUT2D eigenvalue weighted by molar-refractivity contribution is -0.387. The summed E-state index contributed by atoms with van der Waals surface area (Å²) in [6, 6.07) is 4.83. The van der Waals surface area contributed by atoms with Gasteiger partial charge >= 0.3 is 5.97 Å². The number of nitrogens with zero attached hydrogens (tertiary/aromatic N) is 2. The first-order chi connectivity index (χ1) is 11.4. The minimum atomic E-state index is -3.97. The zero-order chi connectivity index (χ0) is 17.5. The summed E-state index contributed by atoms with van der Waals surface area (Å²) < 4.78 is 31.8. The largest absolute Gasteiger partial charge is 0.460 e. The van der Waals surface area contributed by atoms with E-state index in [-0.39, 0.29) is 23.3 Å². The molecule has 0 saturated carbocycles. The molecule has 9 heteroatoms. The van der Waals surface area contributed by atoms with Gasteiger partial charge in [0.15, 0.2) is 4.90 Å². The van der Waals surface area contributed by atoms with Crippen LogP contribution in [0.3, 0.4) is 0 Å². The van der Waals surface area contributed by atoms with Crippen LogP contribution in [0, 0.1) is 16.0 Å². The summed E-state index contributed by atoms with van der Waals surface area (Å²) in [5, 5.41) is 11.1. The van der Waals surface area contributed by atoms with E-state index in [1.807, 2.05) is 6.92 Å². The van der Waals surface area contributed by atoms with E-state index in [1.165, 1.54) is 22.5 Å². The van der Waals surface area contributed by atoms with Crippen LogP contribution >= 0.6 is 0 Å². The van der Waals surface area contributed by atoms with Crippen molar-refractivity contribution in [1.82, 2.24) is 4.31 Å². The number of hydrogen-bond acceptors (Lipinski definition) is 6. The molecular formula is C15H18N2O6S. The minimum Gasteiger partial charge on any atom is -0.460 e. The SMILES string of the molecule is CCC[C@@H]1C[C@@H]([C@@H]2CN2S(=O)(=O)c2ccccc2[N+](=O)[O-])OC1=O. The molecule has 1 aromatic rings. The molecular weight excluding hydrogens is 336 g/mol. The van der Waals surface area contributed by atoms with E-state index < -0.39 is 32.8 Å². The van der Waals surface area contributed by atoms with E-state index in [9.17, 15) is 23.3 Å². The molecule has 1 unspecified atom stereocenters. The molecule has 2 saturated heterocycles. The molecule has 2 aliphatic heterocycles. The summed E-state index contributed by atoms with van der Waals surface area (Å²) in [4.78, 5) is 21.8. The maximum absolute atomic E-state index is 12.7. The van der Waals surface area contributed by atoms with Crippen LogP contribution in [-0.2, 0) is 19.6 Å². The van der Waals surface area contributed by atoms with Crippen LogP contribution in [0.25, 0.3) is 0 Å². The van der Waals surface area contributed by atoms with Crippen LogP contribution in [0.2, 0.25) is 0 Å². The molecule has 2 aliphatic rings. The highest BCUT2D eigenvalue weighted by atomic mass is 32.2. The Balaban J connectivity index is 1.78. The molecule has 3 rings (SSSR count). The Labute approximate surface area is 139 Å². The highest BCUT2D eigenvalue weighted by Crippen LogP contribution is 2.39. The highest BCUT2D eigenvalue weighted by molar-refractivity contribution is 7.89. The van der Waals surface area contributed by atoms with Crippen molar-refractivity contribution in [3.8, 4) is 0 Å². The monoisotopic (exact) mass is 354 g/mol. The first-order valence-electron chi connectivity index (χ1n) is 7.82. The number of ether oxygens (including phenoxy) is 1. The van der Waals surface area contributed by atoms with Gasteiger partial charge in [0.1, 0.15) is 6.10 Å². The van der Waals surface area contributed by atoms with E-state index in [2.05, 4.69) is 0 Å². The number of rotatable bonds is 6. The van der Waals surface area contributed by atoms with Gasteiger partial charge in [0.2, 0.25) is 10.0 Å². The summed E-state index contributed by atoms with van der Waals surface area (Å²) in [7, 11) is -3.97. The Hall–Kier alpha value is -2.00. The summed E-state index contributed by atoms with van der Waals surface area (Å²) >= 11 is 0. The van der Waals surface area contributed by atoms with Crippen molar-refractivity contribution in [2.45, 2.75) is 43.2 Å². The average Bonchev–Trinajstić information content (AvgIpc) is 3.28. The Morgan fingerprint density at radius 2 is 2.08 bits per heavy atom. The third-order valence-electron chi connectivity index (χ3n) is 4.44. The molecule has 0 aromatic heterocycles. The number of nitro groups is 1. The van der Waals surface area contributed by atoms with Crippen molar-refractivity contribution in [3.05, 3.63) is 34.4 Å². The van der Waals surface area contributed by atoms with Gasteiger partial charge in [-0.15, -0.1) is 0 Å². The molecule has 2 heterocycles. The maximum atomic E-state index is 12.7. The van der Waals surface area contributed by atoms with Gasteiger partial charge in [0, 0.05) is 12.6 Å². The molecule has 0 amide bonds. The molecule has 0 N–H and O–H groups in total. The molecule has 0 bridgehead atoms. The second kappa shape index (κ2) is 6.14.